The number of carbonyl (C=O) groups excluding carboxylic acids is 2. The summed E-state index contributed by atoms with van der Waals surface area (Å²) in [5, 5.41) is 0. The third-order valence-electron chi connectivity index (χ3n) is 6.02. The second-order valence-electron chi connectivity index (χ2n) is 8.97. The molecule has 2 aromatic rings. The third-order valence-corrected chi connectivity index (χ3v) is 8.84. The normalized spacial score (nSPS) is 16.0. The lowest BCUT2D eigenvalue weighted by atomic mass is 9.95. The second kappa shape index (κ2) is 11.7. The number of ketones is 2. The maximum atomic E-state index is 13.0. The monoisotopic (exact) mass is 598 g/mol. The first-order chi connectivity index (χ1) is 19.4. The lowest BCUT2D eigenvalue weighted by Crippen LogP contribution is -2.27. The van der Waals surface area contributed by atoms with Crippen molar-refractivity contribution in [3.63, 3.8) is 0 Å². The number of carbonyl (C=O) groups is 2. The van der Waals surface area contributed by atoms with Crippen LogP contribution in [-0.2, 0) is 33.3 Å². The molecule has 0 fully saturated rings. The molecule has 0 aromatic heterocycles. The summed E-state index contributed by atoms with van der Waals surface area (Å²) in [6, 6.07) is 8.04. The first-order valence-corrected chi connectivity index (χ1v) is 14.8. The summed E-state index contributed by atoms with van der Waals surface area (Å²) in [6.45, 7) is 2.25. The van der Waals surface area contributed by atoms with E-state index in [1.807, 2.05) is 0 Å². The van der Waals surface area contributed by atoms with Crippen molar-refractivity contribution in [3.05, 3.63) is 81.9 Å². The van der Waals surface area contributed by atoms with E-state index in [0.717, 1.165) is 0 Å². The number of allylic oxidation sites excluding steroid dienone is 2. The zero-order chi connectivity index (χ0) is 29.9. The highest BCUT2D eigenvalue weighted by atomic mass is 32.2. The van der Waals surface area contributed by atoms with Gasteiger partial charge in [0, 0.05) is 34.4 Å². The number of nitrogens with zero attached hydrogens (tertiary/aromatic N) is 4. The van der Waals surface area contributed by atoms with Gasteiger partial charge in [-0.15, -0.1) is 0 Å². The van der Waals surface area contributed by atoms with E-state index in [0.29, 0.717) is 0 Å². The molecule has 0 bridgehead atoms. The maximum absolute atomic E-state index is 13.0. The molecule has 2 aliphatic rings. The van der Waals surface area contributed by atoms with E-state index < -0.39 is 50.6 Å². The van der Waals surface area contributed by atoms with E-state index in [-0.39, 0.29) is 50.1 Å². The highest BCUT2D eigenvalue weighted by Gasteiger charge is 2.32. The van der Waals surface area contributed by atoms with Gasteiger partial charge >= 0.3 is 11.4 Å². The van der Waals surface area contributed by atoms with Crippen molar-refractivity contribution < 1.29 is 49.1 Å². The van der Waals surface area contributed by atoms with E-state index in [4.69, 9.17) is 24.2 Å². The lowest BCUT2D eigenvalue weighted by molar-refractivity contribution is -0.00459. The molecule has 0 saturated heterocycles. The Morgan fingerprint density at radius 1 is 0.707 bits per heavy atom. The van der Waals surface area contributed by atoms with Gasteiger partial charge in [0.2, 0.25) is 0 Å². The first kappa shape index (κ1) is 29.8. The number of hydrogen-bond acceptors (Lipinski definition) is 9. The standard InChI is InChI=1S/C26H22N4O9S2/c1-15(14-38-40(33,34)23-7-3-5-19-17(23)9-11-21(29-27)25(19)31)37-13-16(2)39-41(35,36)24-8-4-6-20-18(24)10-12-22(30-28)26(20)32/h3-12,15-16H,13-14H2,1-2H3. The molecule has 0 saturated carbocycles. The van der Waals surface area contributed by atoms with Crippen molar-refractivity contribution in [3.8, 4) is 0 Å². The van der Waals surface area contributed by atoms with Gasteiger partial charge in [0.1, 0.15) is 9.79 Å². The van der Waals surface area contributed by atoms with Crippen LogP contribution in [0.4, 0.5) is 0 Å². The van der Waals surface area contributed by atoms with Gasteiger partial charge in [-0.05, 0) is 38.1 Å². The largest absolute Gasteiger partial charge is 0.373 e. The summed E-state index contributed by atoms with van der Waals surface area (Å²) in [4.78, 5) is 30.0. The SMILES string of the molecule is CC(COS(=O)(=O)c1cccc2c1C=CC(=[N+]=[N-])C2=O)OCC(C)OS(=O)(=O)c1cccc2c1C=CC(=[N+]=[N-])C2=O. The van der Waals surface area contributed by atoms with Crippen molar-refractivity contribution in [2.45, 2.75) is 35.8 Å². The summed E-state index contributed by atoms with van der Waals surface area (Å²) < 4.78 is 67.5. The molecule has 2 unspecified atom stereocenters. The van der Waals surface area contributed by atoms with Gasteiger partial charge < -0.3 is 15.8 Å². The Labute approximate surface area is 235 Å². The van der Waals surface area contributed by atoms with Crippen LogP contribution in [0.5, 0.6) is 0 Å². The molecule has 212 valence electrons. The van der Waals surface area contributed by atoms with Crippen molar-refractivity contribution in [1.82, 2.24) is 0 Å². The van der Waals surface area contributed by atoms with Crippen LogP contribution >= 0.6 is 0 Å². The van der Waals surface area contributed by atoms with E-state index in [1.54, 1.807) is 0 Å². The van der Waals surface area contributed by atoms with Crippen LogP contribution in [0.25, 0.3) is 23.2 Å². The molecular formula is C26H22N4O9S2. The number of rotatable bonds is 10. The maximum Gasteiger partial charge on any atom is 0.362 e. The van der Waals surface area contributed by atoms with Crippen LogP contribution < -0.4 is 0 Å². The average molecular weight is 599 g/mol. The summed E-state index contributed by atoms with van der Waals surface area (Å²) in [7, 11) is -8.70. The minimum atomic E-state index is -4.36. The molecular weight excluding hydrogens is 576 g/mol. The Morgan fingerprint density at radius 3 is 1.68 bits per heavy atom. The van der Waals surface area contributed by atoms with Crippen molar-refractivity contribution in [1.29, 1.82) is 0 Å². The number of Topliss-reactive ketones (excluding diaryl/α,β-unsaturated/α-hetero) is 2. The molecule has 0 aliphatic heterocycles. The average Bonchev–Trinajstić information content (AvgIpc) is 2.95. The van der Waals surface area contributed by atoms with Gasteiger partial charge in [-0.2, -0.15) is 26.4 Å². The molecule has 0 heterocycles. The Balaban J connectivity index is 1.38. The van der Waals surface area contributed by atoms with E-state index in [1.165, 1.54) is 74.5 Å². The first-order valence-electron chi connectivity index (χ1n) is 12.0. The topological polar surface area (TPSA) is 203 Å². The lowest BCUT2D eigenvalue weighted by Gasteiger charge is -2.19. The predicted octanol–water partition coefficient (Wildman–Crippen LogP) is 2.35. The molecule has 0 N–H and O–H groups in total. The van der Waals surface area contributed by atoms with Gasteiger partial charge in [0.25, 0.3) is 31.8 Å². The fourth-order valence-electron chi connectivity index (χ4n) is 4.07. The molecule has 13 nitrogen and oxygen atoms in total. The van der Waals surface area contributed by atoms with Gasteiger partial charge in [-0.3, -0.25) is 18.0 Å². The number of hydrogen-bond donors (Lipinski definition) is 0. The fourth-order valence-corrected chi connectivity index (χ4v) is 6.54. The summed E-state index contributed by atoms with van der Waals surface area (Å²) in [5.74, 6) is -1.30. The van der Waals surface area contributed by atoms with Crippen LogP contribution in [0, 0.1) is 0 Å². The number of ether oxygens (including phenoxy) is 1. The van der Waals surface area contributed by atoms with E-state index in [9.17, 15) is 26.4 Å². The zero-order valence-electron chi connectivity index (χ0n) is 21.6. The van der Waals surface area contributed by atoms with Gasteiger partial charge in [0.15, 0.2) is 0 Å². The smallest absolute Gasteiger partial charge is 0.362 e. The van der Waals surface area contributed by atoms with Crippen LogP contribution in [0.2, 0.25) is 0 Å². The highest BCUT2D eigenvalue weighted by molar-refractivity contribution is 7.87. The van der Waals surface area contributed by atoms with Crippen LogP contribution in [0.15, 0.2) is 58.3 Å². The Hall–Kier alpha value is -4.20. The summed E-state index contributed by atoms with van der Waals surface area (Å²) >= 11 is 0. The highest BCUT2D eigenvalue weighted by Crippen LogP contribution is 2.28. The fraction of sp³-hybridized carbons (Fsp3) is 0.231. The summed E-state index contributed by atoms with van der Waals surface area (Å²) in [5.41, 5.74) is 17.6. The molecule has 0 spiro atoms. The molecule has 4 rings (SSSR count). The molecule has 0 amide bonds. The van der Waals surface area contributed by atoms with Crippen LogP contribution in [0.1, 0.15) is 45.7 Å². The Bertz CT molecular complexity index is 1830. The Morgan fingerprint density at radius 2 is 1.20 bits per heavy atom. The van der Waals surface area contributed by atoms with E-state index >= 15 is 0 Å². The second-order valence-corrected chi connectivity index (χ2v) is 12.1. The van der Waals surface area contributed by atoms with Crippen molar-refractivity contribution in [2.75, 3.05) is 13.2 Å². The van der Waals surface area contributed by atoms with Gasteiger partial charge in [-0.1, -0.05) is 24.3 Å². The minimum absolute atomic E-state index is 0.0300. The molecule has 0 radical (unpaired) electrons. The molecule has 2 aromatic carbocycles. The minimum Gasteiger partial charge on any atom is -0.373 e. The zero-order valence-corrected chi connectivity index (χ0v) is 23.3. The van der Waals surface area contributed by atoms with Crippen LogP contribution in [0.3, 0.4) is 0 Å². The predicted molar refractivity (Wildman–Crippen MR) is 143 cm³/mol. The number of fused-ring (bicyclic) bond motifs is 2. The van der Waals surface area contributed by atoms with E-state index in [2.05, 4.69) is 9.58 Å². The molecule has 2 atom stereocenters. The molecule has 2 aliphatic carbocycles. The third kappa shape index (κ3) is 6.11. The Kier molecular flexibility index (Phi) is 8.52. The molecule has 41 heavy (non-hydrogen) atoms. The quantitative estimate of drug-likeness (QED) is 0.223. The van der Waals surface area contributed by atoms with Crippen molar-refractivity contribution in [2.24, 2.45) is 0 Å². The summed E-state index contributed by atoms with van der Waals surface area (Å²) in [6.07, 6.45) is 3.21. The van der Waals surface area contributed by atoms with Gasteiger partial charge in [-0.25, -0.2) is 0 Å². The van der Waals surface area contributed by atoms with Gasteiger partial charge in [0.05, 0.1) is 25.4 Å². The molecule has 15 heteroatoms. The van der Waals surface area contributed by atoms with Crippen LogP contribution in [-0.4, -0.2) is 74.8 Å². The number of benzene rings is 2. The van der Waals surface area contributed by atoms with Crippen molar-refractivity contribution >= 4 is 55.4 Å².